The van der Waals surface area contributed by atoms with Crippen LogP contribution in [0, 0.1) is 5.82 Å². The number of aliphatic hydroxyl groups excluding tert-OH is 1. The maximum absolute atomic E-state index is 14.0. The number of morpholine rings is 1. The van der Waals surface area contributed by atoms with E-state index in [-0.39, 0.29) is 16.9 Å². The largest absolute Gasteiger partial charge is 0.507 e. The molecule has 1 aromatic heterocycles. The fourth-order valence-corrected chi connectivity index (χ4v) is 4.29. The molecule has 1 atom stereocenters. The standard InChI is InChI=1S/C24H26FN3O5/c1-32-19-6-5-17(25)14-18(19)22(29)20-21(16-4-2-7-26-15-16)28(24(31)23(20)30)9-3-8-27-10-12-33-13-11-27/h2,4-7,14-15,21,29H,3,8-13H2,1H3/b22-20+/t21-/m0/s1. The Bertz CT molecular complexity index is 1050. The first-order chi connectivity index (χ1) is 16.0. The van der Waals surface area contributed by atoms with Crippen molar-refractivity contribution in [1.82, 2.24) is 14.8 Å². The molecule has 0 spiro atoms. The summed E-state index contributed by atoms with van der Waals surface area (Å²) < 4.78 is 24.6. The molecule has 1 N–H and O–H groups in total. The molecule has 9 heteroatoms. The van der Waals surface area contributed by atoms with E-state index in [1.165, 1.54) is 24.1 Å². The minimum absolute atomic E-state index is 0.0118. The summed E-state index contributed by atoms with van der Waals surface area (Å²) in [5.41, 5.74) is 0.487. The van der Waals surface area contributed by atoms with Gasteiger partial charge < -0.3 is 19.5 Å². The maximum Gasteiger partial charge on any atom is 0.295 e. The Kier molecular flexibility index (Phi) is 7.00. The van der Waals surface area contributed by atoms with Gasteiger partial charge in [-0.1, -0.05) is 6.07 Å². The molecule has 174 valence electrons. The summed E-state index contributed by atoms with van der Waals surface area (Å²) in [6.45, 7) is 4.07. The van der Waals surface area contributed by atoms with Crippen molar-refractivity contribution >= 4 is 17.4 Å². The number of ether oxygens (including phenoxy) is 2. The first-order valence-corrected chi connectivity index (χ1v) is 10.8. The molecule has 2 aliphatic heterocycles. The van der Waals surface area contributed by atoms with Gasteiger partial charge in [0.1, 0.15) is 17.3 Å². The van der Waals surface area contributed by atoms with Crippen LogP contribution in [0.2, 0.25) is 0 Å². The van der Waals surface area contributed by atoms with Gasteiger partial charge in [0.2, 0.25) is 0 Å². The molecule has 1 amide bonds. The van der Waals surface area contributed by atoms with E-state index in [2.05, 4.69) is 9.88 Å². The Labute approximate surface area is 191 Å². The van der Waals surface area contributed by atoms with Crippen LogP contribution in [0.1, 0.15) is 23.6 Å². The smallest absolute Gasteiger partial charge is 0.295 e. The van der Waals surface area contributed by atoms with Crippen LogP contribution in [0.5, 0.6) is 5.75 Å². The van der Waals surface area contributed by atoms with Gasteiger partial charge in [-0.25, -0.2) is 4.39 Å². The second kappa shape index (κ2) is 10.1. The average molecular weight is 455 g/mol. The third kappa shape index (κ3) is 4.74. The Morgan fingerprint density at radius 3 is 2.73 bits per heavy atom. The molecule has 2 aliphatic rings. The second-order valence-electron chi connectivity index (χ2n) is 7.93. The highest BCUT2D eigenvalue weighted by Gasteiger charge is 2.46. The van der Waals surface area contributed by atoms with Crippen LogP contribution in [-0.4, -0.2) is 78.1 Å². The minimum Gasteiger partial charge on any atom is -0.507 e. The summed E-state index contributed by atoms with van der Waals surface area (Å²) >= 11 is 0. The Hall–Kier alpha value is -3.30. The monoisotopic (exact) mass is 455 g/mol. The van der Waals surface area contributed by atoms with E-state index in [4.69, 9.17) is 9.47 Å². The number of hydrogen-bond acceptors (Lipinski definition) is 7. The number of ketones is 1. The lowest BCUT2D eigenvalue weighted by atomic mass is 9.96. The van der Waals surface area contributed by atoms with Crippen molar-refractivity contribution in [1.29, 1.82) is 0 Å². The molecule has 0 bridgehead atoms. The fraction of sp³-hybridized carbons (Fsp3) is 0.375. The number of benzene rings is 1. The molecule has 2 aromatic rings. The molecule has 8 nitrogen and oxygen atoms in total. The van der Waals surface area contributed by atoms with Crippen LogP contribution >= 0.6 is 0 Å². The number of carbonyl (C=O) groups is 2. The Morgan fingerprint density at radius 1 is 1.24 bits per heavy atom. The van der Waals surface area contributed by atoms with Gasteiger partial charge in [0.15, 0.2) is 0 Å². The van der Waals surface area contributed by atoms with Crippen LogP contribution in [0.3, 0.4) is 0 Å². The highest BCUT2D eigenvalue weighted by molar-refractivity contribution is 6.46. The third-order valence-corrected chi connectivity index (χ3v) is 5.93. The number of halogens is 1. The molecule has 3 heterocycles. The van der Waals surface area contributed by atoms with Gasteiger partial charge in [0, 0.05) is 38.6 Å². The van der Waals surface area contributed by atoms with Gasteiger partial charge in [-0.2, -0.15) is 0 Å². The summed E-state index contributed by atoms with van der Waals surface area (Å²) in [6, 6.07) is 6.25. The van der Waals surface area contributed by atoms with Gasteiger partial charge in [-0.15, -0.1) is 0 Å². The van der Waals surface area contributed by atoms with Crippen molar-refractivity contribution in [3.8, 4) is 5.75 Å². The SMILES string of the molecule is COc1ccc(F)cc1/C(O)=C1\C(=O)C(=O)N(CCCN2CCOCC2)[C@H]1c1cccnc1. The molecule has 2 fully saturated rings. The predicted octanol–water partition coefficient (Wildman–Crippen LogP) is 2.37. The maximum atomic E-state index is 14.0. The van der Waals surface area contributed by atoms with Crippen molar-refractivity contribution in [2.24, 2.45) is 0 Å². The van der Waals surface area contributed by atoms with Crippen molar-refractivity contribution in [3.05, 3.63) is 65.2 Å². The number of aliphatic hydroxyl groups is 1. The summed E-state index contributed by atoms with van der Waals surface area (Å²) in [5, 5.41) is 11.1. The van der Waals surface area contributed by atoms with Crippen molar-refractivity contribution < 1.29 is 28.6 Å². The number of amides is 1. The zero-order valence-electron chi connectivity index (χ0n) is 18.4. The normalized spacial score (nSPS) is 20.9. The van der Waals surface area contributed by atoms with E-state index in [1.807, 2.05) is 0 Å². The van der Waals surface area contributed by atoms with Crippen molar-refractivity contribution in [3.63, 3.8) is 0 Å². The number of methoxy groups -OCH3 is 1. The zero-order chi connectivity index (χ0) is 23.4. The molecule has 0 aliphatic carbocycles. The molecule has 33 heavy (non-hydrogen) atoms. The average Bonchev–Trinajstić information content (AvgIpc) is 3.10. The summed E-state index contributed by atoms with van der Waals surface area (Å²) in [5.74, 6) is -2.41. The zero-order valence-corrected chi connectivity index (χ0v) is 18.4. The highest BCUT2D eigenvalue weighted by Crippen LogP contribution is 2.40. The summed E-state index contributed by atoms with van der Waals surface area (Å²) in [7, 11) is 1.38. The van der Waals surface area contributed by atoms with Crippen LogP contribution in [0.15, 0.2) is 48.3 Å². The molecule has 4 rings (SSSR count). The fourth-order valence-electron chi connectivity index (χ4n) is 4.29. The highest BCUT2D eigenvalue weighted by atomic mass is 19.1. The molecule has 2 saturated heterocycles. The van der Waals surface area contributed by atoms with Gasteiger partial charge in [-0.3, -0.25) is 19.5 Å². The predicted molar refractivity (Wildman–Crippen MR) is 118 cm³/mol. The van der Waals surface area contributed by atoms with E-state index >= 15 is 0 Å². The van der Waals surface area contributed by atoms with Gasteiger partial charge in [0.05, 0.1) is 37.5 Å². The van der Waals surface area contributed by atoms with Gasteiger partial charge in [-0.05, 0) is 36.2 Å². The van der Waals surface area contributed by atoms with E-state index < -0.39 is 29.3 Å². The molecular weight excluding hydrogens is 429 g/mol. The quantitative estimate of drug-likeness (QED) is 0.389. The van der Waals surface area contributed by atoms with Gasteiger partial charge in [0.25, 0.3) is 11.7 Å². The second-order valence-corrected chi connectivity index (χ2v) is 7.93. The van der Waals surface area contributed by atoms with E-state index in [1.54, 1.807) is 24.5 Å². The van der Waals surface area contributed by atoms with E-state index in [9.17, 15) is 19.1 Å². The van der Waals surface area contributed by atoms with Crippen LogP contribution in [0.25, 0.3) is 5.76 Å². The van der Waals surface area contributed by atoms with Crippen LogP contribution in [-0.2, 0) is 14.3 Å². The number of hydrogen-bond donors (Lipinski definition) is 1. The van der Waals surface area contributed by atoms with Crippen LogP contribution in [0.4, 0.5) is 4.39 Å². The van der Waals surface area contributed by atoms with E-state index in [0.29, 0.717) is 31.7 Å². The lowest BCUT2D eigenvalue weighted by Gasteiger charge is -2.29. The van der Waals surface area contributed by atoms with Crippen LogP contribution < -0.4 is 4.74 Å². The third-order valence-electron chi connectivity index (χ3n) is 5.93. The summed E-state index contributed by atoms with van der Waals surface area (Å²) in [6.07, 6.45) is 3.79. The van der Waals surface area contributed by atoms with Crippen molar-refractivity contribution in [2.75, 3.05) is 46.5 Å². The number of carbonyl (C=O) groups excluding carboxylic acids is 2. The Morgan fingerprint density at radius 2 is 2.03 bits per heavy atom. The van der Waals surface area contributed by atoms with Crippen molar-refractivity contribution in [2.45, 2.75) is 12.5 Å². The molecule has 0 unspecified atom stereocenters. The number of Topliss-reactive ketones (excluding diaryl/α,β-unsaturated/α-hetero) is 1. The molecule has 0 radical (unpaired) electrons. The number of aromatic nitrogens is 1. The molecular formula is C24H26FN3O5. The number of pyridine rings is 1. The number of nitrogens with zero attached hydrogens (tertiary/aromatic N) is 3. The lowest BCUT2D eigenvalue weighted by molar-refractivity contribution is -0.140. The topological polar surface area (TPSA) is 92.2 Å². The lowest BCUT2D eigenvalue weighted by Crippen LogP contribution is -2.39. The number of likely N-dealkylation sites (tertiary alicyclic amines) is 1. The molecule has 1 aromatic carbocycles. The first-order valence-electron chi connectivity index (χ1n) is 10.8. The van der Waals surface area contributed by atoms with Gasteiger partial charge >= 0.3 is 0 Å². The first kappa shape index (κ1) is 22.9. The number of rotatable bonds is 7. The van der Waals surface area contributed by atoms with E-state index in [0.717, 1.165) is 25.7 Å². The summed E-state index contributed by atoms with van der Waals surface area (Å²) in [4.78, 5) is 33.9. The molecule has 0 saturated carbocycles. The minimum atomic E-state index is -0.837. The Balaban J connectivity index is 1.70.